The Kier molecular flexibility index (Phi) is 20.9. The van der Waals surface area contributed by atoms with E-state index in [1.54, 1.807) is 17.0 Å². The number of rotatable bonds is 10. The first-order chi connectivity index (χ1) is 21.4. The van der Waals surface area contributed by atoms with Crippen LogP contribution in [0.3, 0.4) is 0 Å². The molecule has 0 spiro atoms. The number of amides is 1. The van der Waals surface area contributed by atoms with E-state index in [1.165, 1.54) is 25.3 Å². The van der Waals surface area contributed by atoms with Crippen LogP contribution in [-0.2, 0) is 25.7 Å². The van der Waals surface area contributed by atoms with Gasteiger partial charge in [0.2, 0.25) is 5.91 Å². The van der Waals surface area contributed by atoms with Crippen molar-refractivity contribution >= 4 is 24.9 Å². The third kappa shape index (κ3) is 12.5. The van der Waals surface area contributed by atoms with Crippen LogP contribution in [0.5, 0.6) is 5.88 Å². The number of carbonyl (C=O) groups is 3. The lowest BCUT2D eigenvalue weighted by Gasteiger charge is -2.30. The van der Waals surface area contributed by atoms with Crippen LogP contribution < -0.4 is 10.1 Å². The highest BCUT2D eigenvalue weighted by Gasteiger charge is 2.39. The van der Waals surface area contributed by atoms with Crippen LogP contribution in [-0.4, -0.2) is 78.6 Å². The molecule has 0 bridgehead atoms. The summed E-state index contributed by atoms with van der Waals surface area (Å²) in [6.07, 6.45) is 6.47. The van der Waals surface area contributed by atoms with Crippen molar-refractivity contribution in [2.45, 2.75) is 71.4 Å². The summed E-state index contributed by atoms with van der Waals surface area (Å²) in [5.41, 5.74) is 1.78. The van der Waals surface area contributed by atoms with Gasteiger partial charge in [-0.1, -0.05) is 52.2 Å². The molecule has 4 rings (SSSR count). The number of benzene rings is 1. The van der Waals surface area contributed by atoms with E-state index in [2.05, 4.69) is 23.5 Å². The van der Waals surface area contributed by atoms with Crippen molar-refractivity contribution in [3.05, 3.63) is 52.9 Å². The van der Waals surface area contributed by atoms with Gasteiger partial charge in [-0.25, -0.2) is 4.79 Å². The van der Waals surface area contributed by atoms with Gasteiger partial charge in [-0.05, 0) is 47.5 Å². The fourth-order valence-corrected chi connectivity index (χ4v) is 4.58. The molecule has 2 unspecified atom stereocenters. The highest BCUT2D eigenvalue weighted by molar-refractivity contribution is 5.84. The van der Waals surface area contributed by atoms with Crippen LogP contribution in [0.4, 0.5) is 0 Å². The van der Waals surface area contributed by atoms with Gasteiger partial charge in [-0.2, -0.15) is 5.26 Å². The number of nitriles is 1. The van der Waals surface area contributed by atoms with Crippen LogP contribution in [0.1, 0.15) is 75.7 Å². The van der Waals surface area contributed by atoms with Crippen molar-refractivity contribution in [1.82, 2.24) is 15.4 Å². The Hall–Kier alpha value is -4.30. The molecule has 0 radical (unpaired) electrons. The molecule has 1 amide bonds. The largest absolute Gasteiger partial charge is 0.468 e. The van der Waals surface area contributed by atoms with Crippen LogP contribution in [0.25, 0.3) is 0 Å². The van der Waals surface area contributed by atoms with E-state index in [0.717, 1.165) is 32.1 Å². The Morgan fingerprint density at radius 3 is 2.27 bits per heavy atom. The van der Waals surface area contributed by atoms with Crippen molar-refractivity contribution in [3.8, 4) is 11.9 Å². The summed E-state index contributed by atoms with van der Waals surface area (Å²) < 4.78 is 10.5. The molecule has 44 heavy (non-hydrogen) atoms. The molecule has 1 aliphatic heterocycles. The molecule has 1 aromatic heterocycles. The van der Waals surface area contributed by atoms with E-state index < -0.39 is 12.0 Å². The number of aldehydes is 1. The average Bonchev–Trinajstić information content (AvgIpc) is 3.73. The van der Waals surface area contributed by atoms with Crippen molar-refractivity contribution in [2.24, 2.45) is 11.8 Å². The van der Waals surface area contributed by atoms with Crippen LogP contribution in [0.2, 0.25) is 0 Å². The van der Waals surface area contributed by atoms with Crippen molar-refractivity contribution in [3.63, 3.8) is 0 Å². The standard InChI is InChI=1S/C24H26N4O5.C5H10.2CH4O.CH2O/c1-16(2)23(21-12-22(27-33-21)32-11-10-29)24(31)28-9-3-4-20(28)19(15-30)26-14-18-7-5-17(13-25)6-8-18;1-5-3-2-4-5;3*1-2/h5-8,10,12,16,20,23,26H,3-4,9,11,14H2,1-2H3;5H,2-4H2,1H3;2*2H,1H3;1H2. The highest BCUT2D eigenvalue weighted by atomic mass is 16.5. The van der Waals surface area contributed by atoms with Gasteiger partial charge >= 0.3 is 0 Å². The Bertz CT molecular complexity index is 1180. The zero-order chi connectivity index (χ0) is 33.5. The van der Waals surface area contributed by atoms with Crippen molar-refractivity contribution in [2.75, 3.05) is 27.4 Å². The minimum Gasteiger partial charge on any atom is -0.468 e. The fourth-order valence-electron chi connectivity index (χ4n) is 4.58. The van der Waals surface area contributed by atoms with E-state index in [-0.39, 0.29) is 24.3 Å². The lowest BCUT2D eigenvalue weighted by atomic mass is 9.88. The van der Waals surface area contributed by atoms with E-state index in [1.807, 2.05) is 38.7 Å². The number of aliphatic hydroxyl groups excluding tert-OH is 2. The van der Waals surface area contributed by atoms with E-state index in [4.69, 9.17) is 29.5 Å². The van der Waals surface area contributed by atoms with Crippen molar-refractivity contribution in [1.29, 1.82) is 5.26 Å². The number of carbonyl (C=O) groups excluding carboxylic acids is 4. The number of nitrogens with zero attached hydrogens (tertiary/aromatic N) is 3. The zero-order valence-electron chi connectivity index (χ0n) is 26.3. The minimum absolute atomic E-state index is 0.0964. The topological polar surface area (TPSA) is 183 Å². The van der Waals surface area contributed by atoms with Gasteiger partial charge in [0.05, 0.1) is 17.7 Å². The average molecular weight is 615 g/mol. The predicted octanol–water partition coefficient (Wildman–Crippen LogP) is 3.20. The number of hydrogen-bond acceptors (Lipinski definition) is 11. The molecule has 12 heteroatoms. The Balaban J connectivity index is 0.00000145. The summed E-state index contributed by atoms with van der Waals surface area (Å²) in [5, 5.41) is 29.8. The minimum atomic E-state index is -0.613. The SMILES string of the molecule is C=O.CC(C)C(C(=O)N1CCCC1C(=C=O)NCc1ccc(C#N)cc1)c1cc(OCC=O)no1.CC1CCC1.CO.CO. The molecule has 242 valence electrons. The summed E-state index contributed by atoms with van der Waals surface area (Å²) in [6.45, 7) is 8.85. The van der Waals surface area contributed by atoms with Crippen molar-refractivity contribution < 1.29 is 38.7 Å². The Morgan fingerprint density at radius 2 is 1.80 bits per heavy atom. The highest BCUT2D eigenvalue weighted by Crippen LogP contribution is 2.33. The summed E-state index contributed by atoms with van der Waals surface area (Å²) in [4.78, 5) is 45.5. The normalized spacial score (nSPS) is 15.3. The van der Waals surface area contributed by atoms with E-state index in [0.29, 0.717) is 42.8 Å². The third-order valence-electron chi connectivity index (χ3n) is 6.98. The van der Waals surface area contributed by atoms with Crippen LogP contribution >= 0.6 is 0 Å². The van der Waals surface area contributed by atoms with Gasteiger partial charge in [-0.3, -0.25) is 9.59 Å². The van der Waals surface area contributed by atoms with Crippen LogP contribution in [0.15, 0.2) is 40.6 Å². The molecule has 1 saturated carbocycles. The smallest absolute Gasteiger partial charge is 0.254 e. The van der Waals surface area contributed by atoms with Gasteiger partial charge in [0.15, 0.2) is 12.0 Å². The molecule has 2 atom stereocenters. The zero-order valence-corrected chi connectivity index (χ0v) is 26.3. The number of likely N-dealkylation sites (tertiary alicyclic amines) is 1. The quantitative estimate of drug-likeness (QED) is 0.264. The first-order valence-corrected chi connectivity index (χ1v) is 14.4. The molecule has 2 aliphatic rings. The lowest BCUT2D eigenvalue weighted by Crippen LogP contribution is -2.43. The second-order valence-electron chi connectivity index (χ2n) is 10.2. The Morgan fingerprint density at radius 1 is 1.18 bits per heavy atom. The number of ether oxygens (including phenoxy) is 1. The molecule has 1 saturated heterocycles. The van der Waals surface area contributed by atoms with Gasteiger partial charge in [0.1, 0.15) is 31.0 Å². The first kappa shape index (κ1) is 39.7. The van der Waals surface area contributed by atoms with E-state index >= 15 is 0 Å². The third-order valence-corrected chi connectivity index (χ3v) is 6.98. The van der Waals surface area contributed by atoms with Gasteiger partial charge in [0.25, 0.3) is 5.88 Å². The van der Waals surface area contributed by atoms with Gasteiger partial charge < -0.3 is 34.5 Å². The number of aromatic nitrogens is 1. The Labute approximate surface area is 259 Å². The maximum absolute atomic E-state index is 13.5. The monoisotopic (exact) mass is 614 g/mol. The molecular weight excluding hydrogens is 568 g/mol. The summed E-state index contributed by atoms with van der Waals surface area (Å²) in [5.74, 6) is 2.66. The van der Waals surface area contributed by atoms with Gasteiger partial charge in [0, 0.05) is 33.4 Å². The molecule has 3 N–H and O–H groups in total. The maximum atomic E-state index is 13.5. The number of hydrogen-bond donors (Lipinski definition) is 3. The first-order valence-electron chi connectivity index (χ1n) is 14.4. The molecule has 1 aromatic carbocycles. The fraction of sp³-hybridized carbons (Fsp3) is 0.531. The second kappa shape index (κ2) is 23.2. The molecular formula is C32H46N4O8. The predicted molar refractivity (Wildman–Crippen MR) is 164 cm³/mol. The lowest BCUT2D eigenvalue weighted by molar-refractivity contribution is -0.134. The molecule has 2 fully saturated rings. The number of nitrogens with one attached hydrogen (secondary N) is 1. The second-order valence-corrected chi connectivity index (χ2v) is 10.2. The summed E-state index contributed by atoms with van der Waals surface area (Å²) in [6, 6.07) is 10.2. The molecule has 2 aromatic rings. The molecule has 12 nitrogen and oxygen atoms in total. The summed E-state index contributed by atoms with van der Waals surface area (Å²) in [7, 11) is 2.00. The van der Waals surface area contributed by atoms with Crippen LogP contribution in [0, 0.1) is 23.2 Å². The molecule has 2 heterocycles. The number of aliphatic hydroxyl groups is 2. The van der Waals surface area contributed by atoms with E-state index in [9.17, 15) is 14.4 Å². The van der Waals surface area contributed by atoms with Gasteiger partial charge in [-0.15, -0.1) is 0 Å². The molecule has 1 aliphatic carbocycles. The summed E-state index contributed by atoms with van der Waals surface area (Å²) >= 11 is 0. The maximum Gasteiger partial charge on any atom is 0.254 e.